The topological polar surface area (TPSA) is 58.2 Å². The van der Waals surface area contributed by atoms with Crippen LogP contribution < -0.4 is 10.6 Å². The van der Waals surface area contributed by atoms with Crippen molar-refractivity contribution in [2.24, 2.45) is 0 Å². The maximum Gasteiger partial charge on any atom is 0.255 e. The molecule has 0 heterocycles. The van der Waals surface area contributed by atoms with Gasteiger partial charge >= 0.3 is 0 Å². The molecule has 7 heteroatoms. The van der Waals surface area contributed by atoms with E-state index in [2.05, 4.69) is 10.6 Å². The second kappa shape index (κ2) is 10.5. The van der Waals surface area contributed by atoms with Gasteiger partial charge in [0.25, 0.3) is 5.91 Å². The number of hydrogen-bond acceptors (Lipinski definition) is 3. The number of thioether (sulfide) groups is 1. The summed E-state index contributed by atoms with van der Waals surface area (Å²) in [4.78, 5) is 26.0. The zero-order valence-corrected chi connectivity index (χ0v) is 18.7. The number of halogens is 2. The first kappa shape index (κ1) is 22.8. The summed E-state index contributed by atoms with van der Waals surface area (Å²) in [7, 11) is 0. The van der Waals surface area contributed by atoms with E-state index in [-0.39, 0.29) is 17.1 Å². The van der Waals surface area contributed by atoms with E-state index in [0.29, 0.717) is 28.4 Å². The Morgan fingerprint density at radius 3 is 2.45 bits per heavy atom. The van der Waals surface area contributed by atoms with Crippen molar-refractivity contribution in [3.8, 4) is 0 Å². The van der Waals surface area contributed by atoms with Gasteiger partial charge in [0.1, 0.15) is 5.82 Å². The highest BCUT2D eigenvalue weighted by molar-refractivity contribution is 8.00. The third-order valence-electron chi connectivity index (χ3n) is 4.67. The minimum Gasteiger partial charge on any atom is -0.325 e. The number of carbonyl (C=O) groups is 2. The SMILES string of the molecule is CCC(Sc1cccc(NC(=O)c2ccc(F)cc2)c1)C(=O)Nc1cccc(Cl)c1C. The zero-order valence-electron chi connectivity index (χ0n) is 17.1. The second-order valence-corrected chi connectivity index (χ2v) is 8.59. The summed E-state index contributed by atoms with van der Waals surface area (Å²) in [6.07, 6.45) is 0.627. The number of hydrogen-bond donors (Lipinski definition) is 2. The minimum absolute atomic E-state index is 0.112. The van der Waals surface area contributed by atoms with Crippen LogP contribution in [0.5, 0.6) is 0 Å². The van der Waals surface area contributed by atoms with Crippen LogP contribution >= 0.6 is 23.4 Å². The number of anilines is 2. The van der Waals surface area contributed by atoms with E-state index in [1.165, 1.54) is 36.0 Å². The van der Waals surface area contributed by atoms with Crippen LogP contribution in [0.2, 0.25) is 5.02 Å². The molecule has 0 fully saturated rings. The number of amides is 2. The zero-order chi connectivity index (χ0) is 22.4. The van der Waals surface area contributed by atoms with Crippen molar-refractivity contribution in [3.63, 3.8) is 0 Å². The summed E-state index contributed by atoms with van der Waals surface area (Å²) in [5.41, 5.74) is 2.47. The number of benzene rings is 3. The van der Waals surface area contributed by atoms with Crippen LogP contribution in [0.4, 0.5) is 15.8 Å². The molecule has 0 aliphatic heterocycles. The average molecular weight is 457 g/mol. The fourth-order valence-electron chi connectivity index (χ4n) is 2.89. The Morgan fingerprint density at radius 2 is 1.74 bits per heavy atom. The molecule has 0 aliphatic carbocycles. The van der Waals surface area contributed by atoms with Crippen molar-refractivity contribution in [2.45, 2.75) is 30.4 Å². The largest absolute Gasteiger partial charge is 0.325 e. The van der Waals surface area contributed by atoms with Crippen molar-refractivity contribution < 1.29 is 14.0 Å². The predicted octanol–water partition coefficient (Wildman–Crippen LogP) is 6.55. The van der Waals surface area contributed by atoms with Crippen molar-refractivity contribution in [1.82, 2.24) is 0 Å². The lowest BCUT2D eigenvalue weighted by molar-refractivity contribution is -0.115. The standard InChI is InChI=1S/C24H22ClFN2O2S/c1-3-22(24(30)28-21-9-5-8-20(25)15(21)2)31-19-7-4-6-18(14-19)27-23(29)16-10-12-17(26)13-11-16/h4-14,22H,3H2,1-2H3,(H,27,29)(H,28,30). The highest BCUT2D eigenvalue weighted by atomic mass is 35.5. The van der Waals surface area contributed by atoms with Crippen LogP contribution in [0.15, 0.2) is 71.6 Å². The highest BCUT2D eigenvalue weighted by Gasteiger charge is 2.19. The lowest BCUT2D eigenvalue weighted by atomic mass is 10.2. The molecule has 3 aromatic rings. The first-order chi connectivity index (χ1) is 14.9. The number of carbonyl (C=O) groups excluding carboxylic acids is 2. The summed E-state index contributed by atoms with van der Waals surface area (Å²) < 4.78 is 13.1. The fraction of sp³-hybridized carbons (Fsp3) is 0.167. The van der Waals surface area contributed by atoms with Crippen LogP contribution in [0, 0.1) is 12.7 Å². The van der Waals surface area contributed by atoms with E-state index in [1.807, 2.05) is 38.1 Å². The second-order valence-electron chi connectivity index (χ2n) is 6.91. The molecule has 4 nitrogen and oxygen atoms in total. The predicted molar refractivity (Wildman–Crippen MR) is 126 cm³/mol. The van der Waals surface area contributed by atoms with Gasteiger partial charge in [-0.2, -0.15) is 0 Å². The third kappa shape index (κ3) is 6.09. The summed E-state index contributed by atoms with van der Waals surface area (Å²) in [6.45, 7) is 3.81. The molecule has 0 aliphatic rings. The molecule has 1 unspecified atom stereocenters. The highest BCUT2D eigenvalue weighted by Crippen LogP contribution is 2.30. The van der Waals surface area contributed by atoms with Gasteiger partial charge in [-0.15, -0.1) is 11.8 Å². The normalized spacial score (nSPS) is 11.6. The molecule has 0 spiro atoms. The van der Waals surface area contributed by atoms with Crippen LogP contribution in [-0.2, 0) is 4.79 Å². The third-order valence-corrected chi connectivity index (χ3v) is 6.43. The summed E-state index contributed by atoms with van der Waals surface area (Å²) in [5.74, 6) is -0.839. The summed E-state index contributed by atoms with van der Waals surface area (Å²) in [6, 6.07) is 18.0. The molecule has 0 bridgehead atoms. The van der Waals surface area contributed by atoms with E-state index in [0.717, 1.165) is 10.5 Å². The van der Waals surface area contributed by atoms with Crippen molar-refractivity contribution in [1.29, 1.82) is 0 Å². The van der Waals surface area contributed by atoms with Gasteiger partial charge in [0.2, 0.25) is 5.91 Å². The van der Waals surface area contributed by atoms with Gasteiger partial charge in [0.15, 0.2) is 0 Å². The molecule has 2 N–H and O–H groups in total. The molecule has 31 heavy (non-hydrogen) atoms. The molecule has 0 aromatic heterocycles. The first-order valence-electron chi connectivity index (χ1n) is 9.77. The minimum atomic E-state index is -0.396. The molecule has 0 saturated carbocycles. The lowest BCUT2D eigenvalue weighted by Crippen LogP contribution is -2.25. The van der Waals surface area contributed by atoms with Crippen LogP contribution in [0.3, 0.4) is 0 Å². The van der Waals surface area contributed by atoms with E-state index < -0.39 is 5.82 Å². The van der Waals surface area contributed by atoms with Gasteiger partial charge in [0, 0.05) is 26.9 Å². The average Bonchev–Trinajstić information content (AvgIpc) is 2.76. The maximum absolute atomic E-state index is 13.1. The van der Waals surface area contributed by atoms with Gasteiger partial charge in [0.05, 0.1) is 5.25 Å². The summed E-state index contributed by atoms with van der Waals surface area (Å²) in [5, 5.41) is 6.03. The Labute approximate surface area is 190 Å². The summed E-state index contributed by atoms with van der Waals surface area (Å²) >= 11 is 7.56. The van der Waals surface area contributed by atoms with E-state index >= 15 is 0 Å². The first-order valence-corrected chi connectivity index (χ1v) is 11.0. The van der Waals surface area contributed by atoms with Gasteiger partial charge < -0.3 is 10.6 Å². The van der Waals surface area contributed by atoms with Crippen LogP contribution in [0.25, 0.3) is 0 Å². The molecule has 2 amide bonds. The van der Waals surface area contributed by atoms with E-state index in [4.69, 9.17) is 11.6 Å². The fourth-order valence-corrected chi connectivity index (χ4v) is 4.08. The Balaban J connectivity index is 1.68. The van der Waals surface area contributed by atoms with Gasteiger partial charge in [-0.25, -0.2) is 4.39 Å². The molecule has 160 valence electrons. The van der Waals surface area contributed by atoms with E-state index in [1.54, 1.807) is 18.2 Å². The van der Waals surface area contributed by atoms with Gasteiger partial charge in [-0.05, 0) is 73.5 Å². The van der Waals surface area contributed by atoms with Crippen molar-refractivity contribution >= 4 is 46.6 Å². The van der Waals surface area contributed by atoms with Crippen molar-refractivity contribution in [3.05, 3.63) is 88.7 Å². The Hall–Kier alpha value is -2.83. The molecule has 3 rings (SSSR count). The molecule has 3 aromatic carbocycles. The van der Waals surface area contributed by atoms with E-state index in [9.17, 15) is 14.0 Å². The van der Waals surface area contributed by atoms with Crippen LogP contribution in [-0.4, -0.2) is 17.1 Å². The maximum atomic E-state index is 13.1. The monoisotopic (exact) mass is 456 g/mol. The van der Waals surface area contributed by atoms with Gasteiger partial charge in [-0.1, -0.05) is 30.7 Å². The number of rotatable bonds is 7. The Morgan fingerprint density at radius 1 is 1.03 bits per heavy atom. The molecule has 0 saturated heterocycles. The Bertz CT molecular complexity index is 1090. The molecule has 1 atom stereocenters. The Kier molecular flexibility index (Phi) is 7.71. The molecular weight excluding hydrogens is 435 g/mol. The lowest BCUT2D eigenvalue weighted by Gasteiger charge is -2.17. The molecule has 0 radical (unpaired) electrons. The molecular formula is C24H22ClFN2O2S. The van der Waals surface area contributed by atoms with Crippen molar-refractivity contribution in [2.75, 3.05) is 10.6 Å². The quantitative estimate of drug-likeness (QED) is 0.396. The smallest absolute Gasteiger partial charge is 0.255 e. The number of nitrogens with one attached hydrogen (secondary N) is 2. The van der Waals surface area contributed by atoms with Crippen LogP contribution in [0.1, 0.15) is 29.3 Å². The van der Waals surface area contributed by atoms with Gasteiger partial charge in [-0.3, -0.25) is 9.59 Å².